The van der Waals surface area contributed by atoms with Crippen molar-refractivity contribution in [3.63, 3.8) is 0 Å². The van der Waals surface area contributed by atoms with E-state index in [0.29, 0.717) is 11.6 Å². The Balaban J connectivity index is 1.61. The van der Waals surface area contributed by atoms with E-state index < -0.39 is 5.91 Å². The zero-order valence-corrected chi connectivity index (χ0v) is 14.7. The van der Waals surface area contributed by atoms with E-state index in [1.54, 1.807) is 6.20 Å². The van der Waals surface area contributed by atoms with Crippen LogP contribution >= 0.6 is 0 Å². The van der Waals surface area contributed by atoms with Crippen molar-refractivity contribution in [1.29, 1.82) is 0 Å². The minimum Gasteiger partial charge on any atom is -0.364 e. The average molecular weight is 367 g/mol. The minimum atomic E-state index is -0.706. The molecule has 1 amide bonds. The molecule has 140 valence electrons. The number of carbonyl (C=O) groups is 1. The van der Waals surface area contributed by atoms with Gasteiger partial charge in [-0.15, -0.1) is 10.2 Å². The van der Waals surface area contributed by atoms with E-state index in [-0.39, 0.29) is 23.6 Å². The number of nitrogens with zero attached hydrogens (tertiary/aromatic N) is 5. The third-order valence-electron chi connectivity index (χ3n) is 4.71. The SMILES string of the molecule is NC(=O)c1nnc(N[C@@H]2CCCC[C@@H]2N)nc1Nc1ccc2nccn2c1. The summed E-state index contributed by atoms with van der Waals surface area (Å²) >= 11 is 0. The maximum absolute atomic E-state index is 11.7. The summed E-state index contributed by atoms with van der Waals surface area (Å²) in [5.74, 6) is -0.153. The molecule has 0 radical (unpaired) electrons. The second-order valence-electron chi connectivity index (χ2n) is 6.63. The van der Waals surface area contributed by atoms with Gasteiger partial charge in [0.25, 0.3) is 5.91 Å². The summed E-state index contributed by atoms with van der Waals surface area (Å²) in [6.45, 7) is 0. The van der Waals surface area contributed by atoms with Crippen LogP contribution < -0.4 is 22.1 Å². The fourth-order valence-corrected chi connectivity index (χ4v) is 3.28. The Morgan fingerprint density at radius 3 is 2.89 bits per heavy atom. The number of amides is 1. The fourth-order valence-electron chi connectivity index (χ4n) is 3.28. The van der Waals surface area contributed by atoms with Crippen molar-refractivity contribution in [3.8, 4) is 0 Å². The van der Waals surface area contributed by atoms with Gasteiger partial charge < -0.3 is 26.5 Å². The van der Waals surface area contributed by atoms with E-state index in [4.69, 9.17) is 11.5 Å². The zero-order valence-electron chi connectivity index (χ0n) is 14.7. The highest BCUT2D eigenvalue weighted by atomic mass is 16.1. The molecule has 0 spiro atoms. The number of hydrogen-bond acceptors (Lipinski definition) is 8. The summed E-state index contributed by atoms with van der Waals surface area (Å²) in [6, 6.07) is 3.80. The van der Waals surface area contributed by atoms with Crippen LogP contribution in [0.1, 0.15) is 36.2 Å². The molecular weight excluding hydrogens is 346 g/mol. The predicted octanol–water partition coefficient (Wildman–Crippen LogP) is 1.04. The van der Waals surface area contributed by atoms with Gasteiger partial charge in [0.2, 0.25) is 5.95 Å². The van der Waals surface area contributed by atoms with Crippen LogP contribution in [0.4, 0.5) is 17.5 Å². The molecule has 1 fully saturated rings. The van der Waals surface area contributed by atoms with Gasteiger partial charge in [-0.2, -0.15) is 4.98 Å². The third kappa shape index (κ3) is 3.65. The number of imidazole rings is 1. The molecule has 1 aliphatic rings. The third-order valence-corrected chi connectivity index (χ3v) is 4.71. The number of aromatic nitrogens is 5. The maximum atomic E-state index is 11.7. The first kappa shape index (κ1) is 17.2. The number of hydrogen-bond donors (Lipinski definition) is 4. The lowest BCUT2D eigenvalue weighted by Crippen LogP contribution is -2.43. The summed E-state index contributed by atoms with van der Waals surface area (Å²) in [7, 11) is 0. The molecule has 6 N–H and O–H groups in total. The summed E-state index contributed by atoms with van der Waals surface area (Å²) in [6.07, 6.45) is 9.50. The normalized spacial score (nSPS) is 19.7. The first-order valence-corrected chi connectivity index (χ1v) is 8.86. The Morgan fingerprint density at radius 2 is 2.07 bits per heavy atom. The first-order chi connectivity index (χ1) is 13.1. The van der Waals surface area contributed by atoms with E-state index in [1.807, 2.05) is 28.9 Å². The molecular formula is C17H21N9O. The molecule has 10 nitrogen and oxygen atoms in total. The highest BCUT2D eigenvalue weighted by Gasteiger charge is 2.23. The summed E-state index contributed by atoms with van der Waals surface area (Å²) in [5, 5.41) is 14.3. The highest BCUT2D eigenvalue weighted by molar-refractivity contribution is 5.96. The molecule has 2 atom stereocenters. The Labute approximate surface area is 155 Å². The molecule has 0 bridgehead atoms. The van der Waals surface area contributed by atoms with E-state index in [9.17, 15) is 4.79 Å². The first-order valence-electron chi connectivity index (χ1n) is 8.86. The number of carbonyl (C=O) groups excluding carboxylic acids is 1. The zero-order chi connectivity index (χ0) is 18.8. The molecule has 3 aromatic rings. The van der Waals surface area contributed by atoms with Gasteiger partial charge in [-0.25, -0.2) is 4.98 Å². The lowest BCUT2D eigenvalue weighted by atomic mass is 9.91. The Hall–Kier alpha value is -3.27. The van der Waals surface area contributed by atoms with Gasteiger partial charge in [0.1, 0.15) is 5.65 Å². The van der Waals surface area contributed by atoms with Crippen LogP contribution in [0.25, 0.3) is 5.65 Å². The van der Waals surface area contributed by atoms with Gasteiger partial charge in [0, 0.05) is 30.7 Å². The standard InChI is InChI=1S/C17H21N9O/c18-11-3-1-2-4-12(11)22-17-23-16(14(15(19)27)24-25-17)21-10-5-6-13-20-7-8-26(13)9-10/h5-9,11-12H,1-4,18H2,(H2,19,27)(H2,21,22,23,25)/t11-,12+/m0/s1. The lowest BCUT2D eigenvalue weighted by molar-refractivity contribution is 0.0995. The van der Waals surface area contributed by atoms with Crippen molar-refractivity contribution in [3.05, 3.63) is 36.4 Å². The minimum absolute atomic E-state index is 0.0285. The number of nitrogens with one attached hydrogen (secondary N) is 2. The molecule has 0 saturated heterocycles. The van der Waals surface area contributed by atoms with Crippen molar-refractivity contribution >= 4 is 29.0 Å². The van der Waals surface area contributed by atoms with Crippen LogP contribution in [0, 0.1) is 0 Å². The van der Waals surface area contributed by atoms with E-state index in [1.165, 1.54) is 0 Å². The monoisotopic (exact) mass is 367 g/mol. The molecule has 1 saturated carbocycles. The number of anilines is 3. The van der Waals surface area contributed by atoms with Crippen LogP contribution in [0.3, 0.4) is 0 Å². The van der Waals surface area contributed by atoms with Gasteiger partial charge in [-0.05, 0) is 25.0 Å². The lowest BCUT2D eigenvalue weighted by Gasteiger charge is -2.29. The largest absolute Gasteiger partial charge is 0.364 e. The molecule has 0 aromatic carbocycles. The van der Waals surface area contributed by atoms with Gasteiger partial charge in [0.05, 0.1) is 5.69 Å². The van der Waals surface area contributed by atoms with Crippen molar-refractivity contribution < 1.29 is 4.79 Å². The fraction of sp³-hybridized carbons (Fsp3) is 0.353. The second kappa shape index (κ2) is 7.16. The topological polar surface area (TPSA) is 149 Å². The molecule has 4 rings (SSSR count). The van der Waals surface area contributed by atoms with Gasteiger partial charge >= 0.3 is 0 Å². The van der Waals surface area contributed by atoms with E-state index in [2.05, 4.69) is 30.8 Å². The molecule has 10 heteroatoms. The van der Waals surface area contributed by atoms with Crippen molar-refractivity contribution in [2.24, 2.45) is 11.5 Å². The van der Waals surface area contributed by atoms with Crippen LogP contribution in [0.5, 0.6) is 0 Å². The van der Waals surface area contributed by atoms with Crippen molar-refractivity contribution in [1.82, 2.24) is 24.6 Å². The van der Waals surface area contributed by atoms with Crippen molar-refractivity contribution in [2.45, 2.75) is 37.8 Å². The summed E-state index contributed by atoms with van der Waals surface area (Å²) in [4.78, 5) is 20.3. The van der Waals surface area contributed by atoms with Crippen LogP contribution in [-0.2, 0) is 0 Å². The van der Waals surface area contributed by atoms with E-state index in [0.717, 1.165) is 31.3 Å². The quantitative estimate of drug-likeness (QED) is 0.522. The highest BCUT2D eigenvalue weighted by Crippen LogP contribution is 2.22. The van der Waals surface area contributed by atoms with E-state index >= 15 is 0 Å². The molecule has 3 aromatic heterocycles. The van der Waals surface area contributed by atoms with Crippen molar-refractivity contribution in [2.75, 3.05) is 10.6 Å². The summed E-state index contributed by atoms with van der Waals surface area (Å²) in [5.41, 5.74) is 13.1. The molecule has 27 heavy (non-hydrogen) atoms. The van der Waals surface area contributed by atoms with Gasteiger partial charge in [0.15, 0.2) is 11.5 Å². The summed E-state index contributed by atoms with van der Waals surface area (Å²) < 4.78 is 1.85. The predicted molar refractivity (Wildman–Crippen MR) is 101 cm³/mol. The smallest absolute Gasteiger partial charge is 0.273 e. The number of pyridine rings is 1. The molecule has 0 aliphatic heterocycles. The maximum Gasteiger partial charge on any atom is 0.273 e. The second-order valence-corrected chi connectivity index (χ2v) is 6.63. The Bertz CT molecular complexity index is 970. The number of nitrogens with two attached hydrogens (primary N) is 2. The molecule has 0 unspecified atom stereocenters. The number of rotatable bonds is 5. The Kier molecular flexibility index (Phi) is 4.55. The van der Waals surface area contributed by atoms with Crippen LogP contribution in [0.15, 0.2) is 30.7 Å². The van der Waals surface area contributed by atoms with Gasteiger partial charge in [-0.1, -0.05) is 12.8 Å². The van der Waals surface area contributed by atoms with Gasteiger partial charge in [-0.3, -0.25) is 4.79 Å². The van der Waals surface area contributed by atoms with Crippen LogP contribution in [-0.4, -0.2) is 42.6 Å². The molecule has 1 aliphatic carbocycles. The van der Waals surface area contributed by atoms with Crippen LogP contribution in [0.2, 0.25) is 0 Å². The number of fused-ring (bicyclic) bond motifs is 1. The Morgan fingerprint density at radius 1 is 1.22 bits per heavy atom. The number of primary amides is 1. The average Bonchev–Trinajstić information content (AvgIpc) is 3.11. The molecule has 3 heterocycles.